The van der Waals surface area contributed by atoms with Gasteiger partial charge in [-0.25, -0.2) is 4.68 Å². The lowest BCUT2D eigenvalue weighted by atomic mass is 10.1. The highest BCUT2D eigenvalue weighted by Gasteiger charge is 2.18. The predicted molar refractivity (Wildman–Crippen MR) is 65.6 cm³/mol. The van der Waals surface area contributed by atoms with E-state index in [9.17, 15) is 15.2 Å². The Morgan fingerprint density at radius 3 is 2.72 bits per heavy atom. The summed E-state index contributed by atoms with van der Waals surface area (Å²) in [6, 6.07) is 4.62. The van der Waals surface area contributed by atoms with Crippen molar-refractivity contribution in [3.8, 4) is 5.69 Å². The van der Waals surface area contributed by atoms with Gasteiger partial charge in [-0.15, -0.1) is 0 Å². The maximum atomic E-state index is 11.1. The second-order valence-electron chi connectivity index (χ2n) is 4.14. The normalized spacial score (nSPS) is 12.4. The highest BCUT2D eigenvalue weighted by Crippen LogP contribution is 2.26. The number of nitro groups is 1. The van der Waals surface area contributed by atoms with Gasteiger partial charge in [0.2, 0.25) is 0 Å². The third-order valence-corrected chi connectivity index (χ3v) is 2.64. The number of nitrogens with zero attached hydrogens (tertiary/aromatic N) is 3. The number of hydrogen-bond donors (Lipinski definition) is 1. The van der Waals surface area contributed by atoms with Gasteiger partial charge in [0.1, 0.15) is 5.69 Å². The van der Waals surface area contributed by atoms with E-state index in [0.29, 0.717) is 11.3 Å². The molecule has 1 atom stereocenters. The van der Waals surface area contributed by atoms with Crippen molar-refractivity contribution in [3.05, 3.63) is 51.8 Å². The van der Waals surface area contributed by atoms with E-state index in [1.807, 2.05) is 6.92 Å². The first-order valence-electron chi connectivity index (χ1n) is 5.47. The Kier molecular flexibility index (Phi) is 3.12. The van der Waals surface area contributed by atoms with Crippen LogP contribution in [-0.4, -0.2) is 19.8 Å². The van der Waals surface area contributed by atoms with Crippen LogP contribution in [0.2, 0.25) is 0 Å². The molecule has 0 aliphatic heterocycles. The lowest BCUT2D eigenvalue weighted by Gasteiger charge is -2.07. The summed E-state index contributed by atoms with van der Waals surface area (Å²) in [5.41, 5.74) is 1.74. The van der Waals surface area contributed by atoms with Gasteiger partial charge in [-0.1, -0.05) is 6.07 Å². The van der Waals surface area contributed by atoms with E-state index >= 15 is 0 Å². The second kappa shape index (κ2) is 4.58. The smallest absolute Gasteiger partial charge is 0.295 e. The maximum absolute atomic E-state index is 11.1. The standard InChI is InChI=1S/C12H13N3O3/c1-8-6-13-14(7-8)11-4-3-10(9(2)16)5-12(11)15(17)18/h3-7,9,16H,1-2H3/t9-/m0/s1. The van der Waals surface area contributed by atoms with Crippen LogP contribution in [0.4, 0.5) is 5.69 Å². The van der Waals surface area contributed by atoms with Crippen LogP contribution in [0.5, 0.6) is 0 Å². The van der Waals surface area contributed by atoms with E-state index in [0.717, 1.165) is 5.56 Å². The number of benzene rings is 1. The van der Waals surface area contributed by atoms with Crippen LogP contribution in [0.25, 0.3) is 5.69 Å². The molecule has 0 saturated heterocycles. The first-order valence-corrected chi connectivity index (χ1v) is 5.47. The van der Waals surface area contributed by atoms with E-state index in [4.69, 9.17) is 0 Å². The Morgan fingerprint density at radius 1 is 1.50 bits per heavy atom. The lowest BCUT2D eigenvalue weighted by molar-refractivity contribution is -0.384. The fourth-order valence-corrected chi connectivity index (χ4v) is 1.68. The zero-order valence-electron chi connectivity index (χ0n) is 10.1. The minimum Gasteiger partial charge on any atom is -0.389 e. The number of aromatic nitrogens is 2. The molecule has 1 aromatic heterocycles. The quantitative estimate of drug-likeness (QED) is 0.665. The molecule has 0 spiro atoms. The van der Waals surface area contributed by atoms with Crippen LogP contribution in [0.1, 0.15) is 24.2 Å². The van der Waals surface area contributed by atoms with E-state index in [-0.39, 0.29) is 5.69 Å². The highest BCUT2D eigenvalue weighted by molar-refractivity contribution is 5.54. The summed E-state index contributed by atoms with van der Waals surface area (Å²) < 4.78 is 1.46. The molecule has 0 amide bonds. The molecular weight excluding hydrogens is 234 g/mol. The fraction of sp³-hybridized carbons (Fsp3) is 0.250. The van der Waals surface area contributed by atoms with Crippen LogP contribution in [0.15, 0.2) is 30.6 Å². The average molecular weight is 247 g/mol. The van der Waals surface area contributed by atoms with E-state index in [2.05, 4.69) is 5.10 Å². The first-order chi connectivity index (χ1) is 8.49. The molecule has 94 valence electrons. The van der Waals surface area contributed by atoms with Crippen molar-refractivity contribution in [3.63, 3.8) is 0 Å². The van der Waals surface area contributed by atoms with Crippen LogP contribution in [0, 0.1) is 17.0 Å². The van der Waals surface area contributed by atoms with Gasteiger partial charge in [-0.05, 0) is 31.0 Å². The summed E-state index contributed by atoms with van der Waals surface area (Å²) in [6.07, 6.45) is 2.61. The minimum atomic E-state index is -0.739. The van der Waals surface area contributed by atoms with Gasteiger partial charge in [-0.3, -0.25) is 10.1 Å². The molecule has 1 aromatic carbocycles. The largest absolute Gasteiger partial charge is 0.389 e. The molecule has 6 nitrogen and oxygen atoms in total. The van der Waals surface area contributed by atoms with Crippen molar-refractivity contribution in [2.24, 2.45) is 0 Å². The van der Waals surface area contributed by atoms with Gasteiger partial charge in [0.15, 0.2) is 0 Å². The Hall–Kier alpha value is -2.21. The zero-order valence-corrected chi connectivity index (χ0v) is 10.1. The third-order valence-electron chi connectivity index (χ3n) is 2.64. The highest BCUT2D eigenvalue weighted by atomic mass is 16.6. The molecule has 0 bridgehead atoms. The van der Waals surface area contributed by atoms with Gasteiger partial charge in [0.05, 0.1) is 17.2 Å². The first kappa shape index (κ1) is 12.3. The summed E-state index contributed by atoms with van der Waals surface area (Å²) >= 11 is 0. The molecule has 0 unspecified atom stereocenters. The van der Waals surface area contributed by atoms with E-state index in [1.165, 1.54) is 10.7 Å². The van der Waals surface area contributed by atoms with Crippen LogP contribution < -0.4 is 0 Å². The summed E-state index contributed by atoms with van der Waals surface area (Å²) in [5.74, 6) is 0. The average Bonchev–Trinajstić information content (AvgIpc) is 2.74. The molecule has 1 heterocycles. The molecule has 18 heavy (non-hydrogen) atoms. The number of hydrogen-bond acceptors (Lipinski definition) is 4. The third kappa shape index (κ3) is 2.23. The molecular formula is C12H13N3O3. The van der Waals surface area contributed by atoms with Crippen molar-refractivity contribution < 1.29 is 10.0 Å². The van der Waals surface area contributed by atoms with Crippen molar-refractivity contribution in [1.82, 2.24) is 9.78 Å². The van der Waals surface area contributed by atoms with Gasteiger partial charge in [0, 0.05) is 12.3 Å². The SMILES string of the molecule is Cc1cnn(-c2ccc([C@H](C)O)cc2[N+](=O)[O-])c1. The molecule has 0 radical (unpaired) electrons. The van der Waals surface area contributed by atoms with Crippen LogP contribution >= 0.6 is 0 Å². The van der Waals surface area contributed by atoms with Crippen molar-refractivity contribution in [2.75, 3.05) is 0 Å². The topological polar surface area (TPSA) is 81.2 Å². The van der Waals surface area contributed by atoms with Crippen molar-refractivity contribution >= 4 is 5.69 Å². The summed E-state index contributed by atoms with van der Waals surface area (Å²) in [4.78, 5) is 10.6. The van der Waals surface area contributed by atoms with Crippen molar-refractivity contribution in [2.45, 2.75) is 20.0 Å². The van der Waals surface area contributed by atoms with E-state index in [1.54, 1.807) is 31.5 Å². The lowest BCUT2D eigenvalue weighted by Crippen LogP contribution is -2.02. The Bertz CT molecular complexity index is 590. The second-order valence-corrected chi connectivity index (χ2v) is 4.14. The Balaban J connectivity index is 2.57. The molecule has 2 aromatic rings. The summed E-state index contributed by atoms with van der Waals surface area (Å²) in [6.45, 7) is 3.43. The number of aliphatic hydroxyl groups excluding tert-OH is 1. The van der Waals surface area contributed by atoms with Crippen molar-refractivity contribution in [1.29, 1.82) is 0 Å². The van der Waals surface area contributed by atoms with Crippen LogP contribution in [-0.2, 0) is 0 Å². The fourth-order valence-electron chi connectivity index (χ4n) is 1.68. The molecule has 0 fully saturated rings. The van der Waals surface area contributed by atoms with Crippen LogP contribution in [0.3, 0.4) is 0 Å². The Morgan fingerprint density at radius 2 is 2.22 bits per heavy atom. The molecule has 0 aliphatic carbocycles. The van der Waals surface area contributed by atoms with Gasteiger partial charge >= 0.3 is 0 Å². The molecule has 1 N–H and O–H groups in total. The Labute approximate surface area is 104 Å². The zero-order chi connectivity index (χ0) is 13.3. The minimum absolute atomic E-state index is 0.0727. The predicted octanol–water partition coefficient (Wildman–Crippen LogP) is 2.14. The van der Waals surface area contributed by atoms with Gasteiger partial charge in [-0.2, -0.15) is 5.10 Å². The molecule has 0 saturated carbocycles. The molecule has 6 heteroatoms. The summed E-state index contributed by atoms with van der Waals surface area (Å²) in [7, 11) is 0. The number of rotatable bonds is 3. The molecule has 2 rings (SSSR count). The number of aryl methyl sites for hydroxylation is 1. The van der Waals surface area contributed by atoms with E-state index < -0.39 is 11.0 Å². The number of aliphatic hydroxyl groups is 1. The van der Waals surface area contributed by atoms with Gasteiger partial charge in [0.25, 0.3) is 5.69 Å². The summed E-state index contributed by atoms with van der Waals surface area (Å²) in [5, 5.41) is 24.6. The number of nitro benzene ring substituents is 1. The molecule has 0 aliphatic rings. The van der Waals surface area contributed by atoms with Gasteiger partial charge < -0.3 is 5.11 Å². The maximum Gasteiger partial charge on any atom is 0.295 e. The monoisotopic (exact) mass is 247 g/mol.